The maximum Gasteiger partial charge on any atom is 0.230 e. The molecule has 1 fully saturated rings. The van der Waals surface area contributed by atoms with Gasteiger partial charge in [0, 0.05) is 23.1 Å². The van der Waals surface area contributed by atoms with Crippen molar-refractivity contribution in [3.63, 3.8) is 0 Å². The van der Waals surface area contributed by atoms with Gasteiger partial charge >= 0.3 is 0 Å². The molecule has 0 aliphatic heterocycles. The minimum atomic E-state index is -2.65. The van der Waals surface area contributed by atoms with E-state index in [2.05, 4.69) is 6.58 Å². The smallest absolute Gasteiger partial charge is 0.230 e. The molecule has 0 aromatic heterocycles. The van der Waals surface area contributed by atoms with Crippen molar-refractivity contribution in [1.82, 2.24) is 4.90 Å². The third-order valence-electron chi connectivity index (χ3n) is 9.27. The number of nitrogens with two attached hydrogens (primary N) is 1. The molecule has 3 aliphatic carbocycles. The number of hydrogen-bond acceptors (Lipinski definition) is 10. The van der Waals surface area contributed by atoms with E-state index in [0.717, 1.165) is 0 Å². The minimum absolute atomic E-state index is 0.00250. The van der Waals surface area contributed by atoms with E-state index in [1.165, 1.54) is 13.2 Å². The summed E-state index contributed by atoms with van der Waals surface area (Å²) in [5.41, 5.74) is 4.63. The van der Waals surface area contributed by atoms with E-state index in [4.69, 9.17) is 10.5 Å². The van der Waals surface area contributed by atoms with Crippen LogP contribution in [0.15, 0.2) is 54.3 Å². The molecule has 11 heteroatoms. The predicted molar refractivity (Wildman–Crippen MR) is 155 cm³/mol. The Morgan fingerprint density at radius 2 is 1.91 bits per heavy atom. The number of Topliss-reactive ketones (excluding diaryl/α,β-unsaturated/α-hetero) is 2. The average molecular weight is 593 g/mol. The van der Waals surface area contributed by atoms with Crippen molar-refractivity contribution in [3.8, 4) is 22.6 Å². The fraction of sp³-hybridized carbons (Fsp3) is 0.406. The number of primary amides is 1. The number of methoxy groups -OCH3 is 1. The van der Waals surface area contributed by atoms with Crippen LogP contribution in [0.1, 0.15) is 40.4 Å². The Bertz CT molecular complexity index is 1560. The van der Waals surface area contributed by atoms with Crippen LogP contribution < -0.4 is 10.5 Å². The van der Waals surface area contributed by atoms with Crippen molar-refractivity contribution in [1.29, 1.82) is 0 Å². The van der Waals surface area contributed by atoms with Crippen LogP contribution in [-0.2, 0) is 16.0 Å². The number of amides is 1. The first kappa shape index (κ1) is 30.4. The molecule has 2 aromatic rings. The summed E-state index contributed by atoms with van der Waals surface area (Å²) in [7, 11) is 4.70. The largest absolute Gasteiger partial charge is 0.508 e. The van der Waals surface area contributed by atoms with Crippen molar-refractivity contribution in [3.05, 3.63) is 71.0 Å². The number of aliphatic hydroxyl groups is 4. The van der Waals surface area contributed by atoms with Gasteiger partial charge in [0.2, 0.25) is 5.91 Å². The van der Waals surface area contributed by atoms with Gasteiger partial charge in [-0.2, -0.15) is 0 Å². The molecule has 7 atom stereocenters. The molecular weight excluding hydrogens is 556 g/mol. The zero-order valence-corrected chi connectivity index (χ0v) is 24.2. The molecule has 1 amide bonds. The minimum Gasteiger partial charge on any atom is -0.508 e. The van der Waals surface area contributed by atoms with Crippen molar-refractivity contribution in [2.24, 2.45) is 23.5 Å². The van der Waals surface area contributed by atoms with Gasteiger partial charge in [0.15, 0.2) is 17.2 Å². The number of carbonyl (C=O) groups excluding carboxylic acids is 3. The topological polar surface area (TPSA) is 191 Å². The summed E-state index contributed by atoms with van der Waals surface area (Å²) in [6.07, 6.45) is -0.348. The standard InChI is InChI=1S/C32H36N2O9/c1-5-6-20(35)14-7-10-22(43-4)17(11-14)16-8-9-21(36)24-18(16)12-15-13-19-26(34(2)3)28(38)25(31(33)41)30(40)32(19,42)29(39)23(15)27(24)37/h5,7-11,15,19-20,25-26,28,35-36,38-39,42H,1,6,12-13H2,2-4H3,(H2,33,41)/t15-,19-,20?,25?,26-,28?,32-/m0/s1. The molecule has 43 heavy (non-hydrogen) atoms. The number of phenolic OH excluding ortho intramolecular Hbond substituents is 1. The van der Waals surface area contributed by atoms with E-state index in [1.54, 1.807) is 49.3 Å². The van der Waals surface area contributed by atoms with Gasteiger partial charge in [-0.25, -0.2) is 0 Å². The number of nitrogens with zero attached hydrogens (tertiary/aromatic N) is 1. The number of allylic oxidation sites excluding steroid dienone is 1. The second-order valence-corrected chi connectivity index (χ2v) is 11.8. The molecule has 11 nitrogen and oxygen atoms in total. The summed E-state index contributed by atoms with van der Waals surface area (Å²) < 4.78 is 5.60. The van der Waals surface area contributed by atoms with E-state index < -0.39 is 64.8 Å². The van der Waals surface area contributed by atoms with Crippen LogP contribution in [-0.4, -0.2) is 86.9 Å². The fourth-order valence-corrected chi connectivity index (χ4v) is 7.30. The van der Waals surface area contributed by atoms with Crippen molar-refractivity contribution in [2.45, 2.75) is 43.1 Å². The first-order valence-corrected chi connectivity index (χ1v) is 14.0. The van der Waals surface area contributed by atoms with Crippen LogP contribution >= 0.6 is 0 Å². The zero-order chi connectivity index (χ0) is 31.5. The summed E-state index contributed by atoms with van der Waals surface area (Å²) in [6.45, 7) is 3.68. The molecule has 5 rings (SSSR count). The first-order chi connectivity index (χ1) is 20.3. The highest BCUT2D eigenvalue weighted by Crippen LogP contribution is 2.53. The van der Waals surface area contributed by atoms with Gasteiger partial charge in [0.05, 0.1) is 24.9 Å². The second-order valence-electron chi connectivity index (χ2n) is 11.8. The molecule has 3 aliphatic rings. The lowest BCUT2D eigenvalue weighted by Gasteiger charge is -2.53. The Balaban J connectivity index is 1.71. The van der Waals surface area contributed by atoms with Gasteiger partial charge in [-0.15, -0.1) is 6.58 Å². The van der Waals surface area contributed by atoms with Crippen LogP contribution in [0.5, 0.6) is 11.5 Å². The van der Waals surface area contributed by atoms with Crippen LogP contribution in [0, 0.1) is 17.8 Å². The number of benzene rings is 2. The molecule has 1 saturated carbocycles. The number of aliphatic hydroxyl groups excluding tert-OH is 3. The van der Waals surface area contributed by atoms with Crippen LogP contribution in [0.25, 0.3) is 11.1 Å². The number of aromatic hydroxyl groups is 1. The second kappa shape index (κ2) is 10.9. The fourth-order valence-electron chi connectivity index (χ4n) is 7.30. The van der Waals surface area contributed by atoms with E-state index in [1.807, 2.05) is 0 Å². The monoisotopic (exact) mass is 592 g/mol. The lowest BCUT2D eigenvalue weighted by Crippen LogP contribution is -2.71. The molecular formula is C32H36N2O9. The van der Waals surface area contributed by atoms with Gasteiger partial charge in [-0.1, -0.05) is 18.2 Å². The Morgan fingerprint density at radius 3 is 2.51 bits per heavy atom. The zero-order valence-electron chi connectivity index (χ0n) is 24.2. The highest BCUT2D eigenvalue weighted by Gasteiger charge is 2.66. The number of carbonyl (C=O) groups is 3. The van der Waals surface area contributed by atoms with E-state index in [-0.39, 0.29) is 29.7 Å². The van der Waals surface area contributed by atoms with Gasteiger partial charge in [-0.3, -0.25) is 14.4 Å². The van der Waals surface area contributed by atoms with Crippen molar-refractivity contribution >= 4 is 17.5 Å². The Kier molecular flexibility index (Phi) is 7.72. The molecule has 0 radical (unpaired) electrons. The van der Waals surface area contributed by atoms with E-state index >= 15 is 0 Å². The summed E-state index contributed by atoms with van der Waals surface area (Å²) in [6, 6.07) is 7.18. The molecule has 3 unspecified atom stereocenters. The first-order valence-electron chi connectivity index (χ1n) is 14.0. The average Bonchev–Trinajstić information content (AvgIpc) is 2.94. The highest BCUT2D eigenvalue weighted by molar-refractivity contribution is 6.16. The number of ketones is 2. The van der Waals surface area contributed by atoms with E-state index in [0.29, 0.717) is 34.4 Å². The number of fused-ring (bicyclic) bond motifs is 3. The Labute approximate surface area is 248 Å². The predicted octanol–water partition coefficient (Wildman–Crippen LogP) is 1.57. The molecule has 0 bridgehead atoms. The van der Waals surface area contributed by atoms with Crippen LogP contribution in [0.2, 0.25) is 0 Å². The number of likely N-dealkylation sites (N-methyl/N-ethyl adjacent to an activating group) is 1. The molecule has 7 N–H and O–H groups in total. The van der Waals surface area contributed by atoms with Gasteiger partial charge < -0.3 is 40.9 Å². The normalized spacial score (nSPS) is 29.0. The maximum absolute atomic E-state index is 14.1. The molecule has 228 valence electrons. The van der Waals surface area contributed by atoms with E-state index in [9.17, 15) is 39.9 Å². The summed E-state index contributed by atoms with van der Waals surface area (Å²) >= 11 is 0. The summed E-state index contributed by atoms with van der Waals surface area (Å²) in [5, 5.41) is 55.9. The third kappa shape index (κ3) is 4.46. The quantitative estimate of drug-likeness (QED) is 0.203. The Hall–Kier alpha value is -4.03. The van der Waals surface area contributed by atoms with Crippen LogP contribution in [0.3, 0.4) is 0 Å². The third-order valence-corrected chi connectivity index (χ3v) is 9.27. The Morgan fingerprint density at radius 1 is 1.21 bits per heavy atom. The summed E-state index contributed by atoms with van der Waals surface area (Å²) in [5.74, 6) is -7.49. The van der Waals surface area contributed by atoms with Gasteiger partial charge in [0.25, 0.3) is 0 Å². The maximum atomic E-state index is 14.1. The molecule has 2 aromatic carbocycles. The van der Waals surface area contributed by atoms with Crippen LogP contribution in [0.4, 0.5) is 0 Å². The summed E-state index contributed by atoms with van der Waals surface area (Å²) in [4.78, 5) is 41.4. The number of hydrogen-bond donors (Lipinski definition) is 6. The number of rotatable bonds is 7. The molecule has 0 spiro atoms. The number of phenols is 1. The number of ether oxygens (including phenoxy) is 1. The highest BCUT2D eigenvalue weighted by atomic mass is 16.5. The molecule has 0 saturated heterocycles. The van der Waals surface area contributed by atoms with Crippen molar-refractivity contribution in [2.75, 3.05) is 21.2 Å². The lowest BCUT2D eigenvalue weighted by atomic mass is 9.55. The van der Waals surface area contributed by atoms with Crippen molar-refractivity contribution < 1.29 is 44.7 Å². The lowest BCUT2D eigenvalue weighted by molar-refractivity contribution is -0.178. The molecule has 0 heterocycles. The van der Waals surface area contributed by atoms with Gasteiger partial charge in [0.1, 0.15) is 23.2 Å². The van der Waals surface area contributed by atoms with Gasteiger partial charge in [-0.05, 0) is 74.2 Å². The SMILES string of the molecule is C=CCC(O)c1ccc(OC)c(-c2ccc(O)c3c2C[C@H]2C[C@H]4[C@H](N(C)C)C(O)C(C(N)=O)C(=O)[C@@]4(O)C(O)=C2C3=O)c1.